The fraction of sp³-hybridized carbons (Fsp3) is 0.391. The number of carbonyl (C=O) groups excluding carboxylic acids is 1. The molecule has 0 saturated heterocycles. The second kappa shape index (κ2) is 9.67. The van der Waals surface area contributed by atoms with E-state index >= 15 is 0 Å². The lowest BCUT2D eigenvalue weighted by atomic mass is 10.2. The van der Waals surface area contributed by atoms with Crippen molar-refractivity contribution in [3.63, 3.8) is 0 Å². The summed E-state index contributed by atoms with van der Waals surface area (Å²) in [4.78, 5) is 41.9. The quantitative estimate of drug-likeness (QED) is 0.395. The molecule has 0 aliphatic heterocycles. The molecule has 0 bridgehead atoms. The number of methoxy groups -OCH3 is 1. The van der Waals surface area contributed by atoms with Gasteiger partial charge in [-0.3, -0.25) is 18.7 Å². The average Bonchev–Trinajstić information content (AvgIpc) is 3.08. The van der Waals surface area contributed by atoms with Gasteiger partial charge in [-0.05, 0) is 36.6 Å². The molecule has 0 radical (unpaired) electrons. The summed E-state index contributed by atoms with van der Waals surface area (Å²) >= 11 is 0. The van der Waals surface area contributed by atoms with E-state index in [0.717, 1.165) is 12.0 Å². The summed E-state index contributed by atoms with van der Waals surface area (Å²) in [6, 6.07) is 5.20. The largest absolute Gasteiger partial charge is 0.493 e. The highest BCUT2D eigenvalue weighted by atomic mass is 16.6. The van der Waals surface area contributed by atoms with Crippen LogP contribution < -0.4 is 20.7 Å². The number of carbonyl (C=O) groups is 1. The molecule has 3 rings (SSSR count). The van der Waals surface area contributed by atoms with Crippen LogP contribution in [0.25, 0.3) is 23.3 Å². The summed E-state index contributed by atoms with van der Waals surface area (Å²) in [5, 5.41) is 0. The number of nitrogens with zero attached hydrogens (tertiary/aromatic N) is 4. The molecule has 9 nitrogen and oxygen atoms in total. The van der Waals surface area contributed by atoms with Gasteiger partial charge in [-0.25, -0.2) is 9.78 Å². The molecule has 0 aliphatic rings. The number of esters is 1. The Kier molecular flexibility index (Phi) is 6.97. The third-order valence-corrected chi connectivity index (χ3v) is 5.04. The van der Waals surface area contributed by atoms with Crippen molar-refractivity contribution >= 4 is 29.3 Å². The summed E-state index contributed by atoms with van der Waals surface area (Å²) in [6.07, 6.45) is 4.97. The third-order valence-electron chi connectivity index (χ3n) is 5.04. The van der Waals surface area contributed by atoms with Gasteiger partial charge in [0.2, 0.25) is 0 Å². The van der Waals surface area contributed by atoms with Gasteiger partial charge < -0.3 is 14.0 Å². The summed E-state index contributed by atoms with van der Waals surface area (Å²) in [5.74, 6) is 0.837. The van der Waals surface area contributed by atoms with Crippen molar-refractivity contribution < 1.29 is 14.3 Å². The third kappa shape index (κ3) is 4.37. The molecule has 0 fully saturated rings. The van der Waals surface area contributed by atoms with Crippen molar-refractivity contribution in [2.45, 2.75) is 46.7 Å². The Bertz CT molecular complexity index is 1300. The lowest BCUT2D eigenvalue weighted by Crippen LogP contribution is -2.40. The number of ether oxygens (including phenoxy) is 2. The minimum Gasteiger partial charge on any atom is -0.493 e. The van der Waals surface area contributed by atoms with Gasteiger partial charge in [0.25, 0.3) is 5.56 Å². The van der Waals surface area contributed by atoms with Gasteiger partial charge in [0, 0.05) is 27.1 Å². The highest BCUT2D eigenvalue weighted by Gasteiger charge is 2.18. The van der Waals surface area contributed by atoms with E-state index in [1.54, 1.807) is 40.5 Å². The normalized spacial score (nSPS) is 11.4. The first kappa shape index (κ1) is 23.1. The number of benzene rings is 1. The Morgan fingerprint density at radius 2 is 1.75 bits per heavy atom. The molecular weight excluding hydrogens is 412 g/mol. The van der Waals surface area contributed by atoms with Gasteiger partial charge >= 0.3 is 11.7 Å². The van der Waals surface area contributed by atoms with Gasteiger partial charge in [-0.1, -0.05) is 26.0 Å². The van der Waals surface area contributed by atoms with Gasteiger partial charge in [-0.15, -0.1) is 0 Å². The second-order valence-corrected chi connectivity index (χ2v) is 7.43. The monoisotopic (exact) mass is 440 g/mol. The molecule has 170 valence electrons. The molecule has 2 aromatic heterocycles. The summed E-state index contributed by atoms with van der Waals surface area (Å²) in [5.41, 5.74) is 0.855. The lowest BCUT2D eigenvalue weighted by Gasteiger charge is -2.10. The summed E-state index contributed by atoms with van der Waals surface area (Å²) in [6.45, 7) is 6.06. The lowest BCUT2D eigenvalue weighted by molar-refractivity contribution is -0.132. The van der Waals surface area contributed by atoms with E-state index in [4.69, 9.17) is 9.47 Å². The van der Waals surface area contributed by atoms with Crippen LogP contribution in [0.2, 0.25) is 0 Å². The predicted octanol–water partition coefficient (Wildman–Crippen LogP) is 2.82. The predicted molar refractivity (Wildman–Crippen MR) is 123 cm³/mol. The minimum absolute atomic E-state index is 0.311. The zero-order valence-corrected chi connectivity index (χ0v) is 19.0. The number of hydrogen-bond acceptors (Lipinski definition) is 6. The Morgan fingerprint density at radius 3 is 2.38 bits per heavy atom. The topological polar surface area (TPSA) is 97.4 Å². The molecule has 0 N–H and O–H groups in total. The number of aromatic nitrogens is 4. The first-order chi connectivity index (χ1) is 15.3. The van der Waals surface area contributed by atoms with Crippen LogP contribution in [0.1, 0.15) is 45.0 Å². The zero-order chi connectivity index (χ0) is 23.4. The van der Waals surface area contributed by atoms with Crippen LogP contribution >= 0.6 is 0 Å². The van der Waals surface area contributed by atoms with E-state index < -0.39 is 5.97 Å². The molecule has 0 spiro atoms. The van der Waals surface area contributed by atoms with Gasteiger partial charge in [0.05, 0.1) is 7.11 Å². The maximum Gasteiger partial charge on any atom is 0.332 e. The van der Waals surface area contributed by atoms with Crippen molar-refractivity contribution in [2.24, 2.45) is 7.05 Å². The number of imidazole rings is 1. The second-order valence-electron chi connectivity index (χ2n) is 7.43. The smallest absolute Gasteiger partial charge is 0.332 e. The number of rotatable bonds is 8. The first-order valence-electron chi connectivity index (χ1n) is 10.6. The van der Waals surface area contributed by atoms with Crippen LogP contribution in [-0.2, 0) is 24.9 Å². The van der Waals surface area contributed by atoms with Gasteiger partial charge in [0.1, 0.15) is 5.82 Å². The van der Waals surface area contributed by atoms with Crippen molar-refractivity contribution in [1.82, 2.24) is 18.7 Å². The van der Waals surface area contributed by atoms with Crippen molar-refractivity contribution in [3.05, 3.63) is 50.4 Å². The Hall–Kier alpha value is -3.62. The molecule has 0 aliphatic carbocycles. The zero-order valence-electron chi connectivity index (χ0n) is 19.0. The molecular formula is C23H28N4O5. The number of aryl methyl sites for hydroxylation is 2. The molecule has 0 atom stereocenters. The average molecular weight is 441 g/mol. The van der Waals surface area contributed by atoms with E-state index in [0.29, 0.717) is 48.0 Å². The van der Waals surface area contributed by atoms with Crippen molar-refractivity contribution in [3.8, 4) is 11.5 Å². The molecule has 1 aromatic carbocycles. The minimum atomic E-state index is -0.447. The van der Waals surface area contributed by atoms with Crippen LogP contribution in [0.4, 0.5) is 0 Å². The number of fused-ring (bicyclic) bond motifs is 1. The molecule has 0 unspecified atom stereocenters. The molecule has 32 heavy (non-hydrogen) atoms. The highest BCUT2D eigenvalue weighted by Crippen LogP contribution is 2.29. The van der Waals surface area contributed by atoms with Crippen LogP contribution in [0.3, 0.4) is 0 Å². The van der Waals surface area contributed by atoms with Crippen LogP contribution in [0.5, 0.6) is 11.5 Å². The Labute approximate surface area is 185 Å². The van der Waals surface area contributed by atoms with E-state index in [2.05, 4.69) is 4.98 Å². The highest BCUT2D eigenvalue weighted by molar-refractivity contribution is 5.77. The summed E-state index contributed by atoms with van der Waals surface area (Å²) < 4.78 is 15.0. The van der Waals surface area contributed by atoms with E-state index in [1.807, 2.05) is 19.9 Å². The molecule has 0 saturated carbocycles. The van der Waals surface area contributed by atoms with E-state index in [1.165, 1.54) is 18.6 Å². The maximum absolute atomic E-state index is 13.0. The fourth-order valence-corrected chi connectivity index (χ4v) is 3.58. The van der Waals surface area contributed by atoms with Crippen molar-refractivity contribution in [1.29, 1.82) is 0 Å². The van der Waals surface area contributed by atoms with E-state index in [-0.39, 0.29) is 11.2 Å². The molecule has 9 heteroatoms. The van der Waals surface area contributed by atoms with E-state index in [9.17, 15) is 14.4 Å². The summed E-state index contributed by atoms with van der Waals surface area (Å²) in [7, 11) is 3.25. The molecule has 2 heterocycles. The van der Waals surface area contributed by atoms with Crippen LogP contribution in [0, 0.1) is 0 Å². The SMILES string of the molecule is CCCn1c(=O)c2c(nc(C=Cc3ccc(OC)c(OC(C)=O)c3)n2C)n(CCC)c1=O. The van der Waals surface area contributed by atoms with Crippen LogP contribution in [0.15, 0.2) is 27.8 Å². The van der Waals surface area contributed by atoms with Gasteiger partial charge in [-0.2, -0.15) is 0 Å². The maximum atomic E-state index is 13.0. The Balaban J connectivity index is 2.12. The molecule has 0 amide bonds. The molecule has 3 aromatic rings. The standard InChI is InChI=1S/C23H28N4O5/c1-6-12-26-21-20(22(29)27(13-7-2)23(26)30)25(4)19(24-21)11-9-16-8-10-17(31-5)18(14-16)32-15(3)28/h8-11,14H,6-7,12-13H2,1-5H3. The van der Waals surface area contributed by atoms with Crippen molar-refractivity contribution in [2.75, 3.05) is 7.11 Å². The van der Waals surface area contributed by atoms with Gasteiger partial charge in [0.15, 0.2) is 22.7 Å². The van der Waals surface area contributed by atoms with Crippen LogP contribution in [-0.4, -0.2) is 31.8 Å². The number of hydrogen-bond donors (Lipinski definition) is 0. The fourth-order valence-electron chi connectivity index (χ4n) is 3.58. The first-order valence-corrected chi connectivity index (χ1v) is 10.6. The Morgan fingerprint density at radius 1 is 1.06 bits per heavy atom.